The van der Waals surface area contributed by atoms with Crippen molar-refractivity contribution in [1.82, 2.24) is 0 Å². The predicted molar refractivity (Wildman–Crippen MR) is 33.9 cm³/mol. The lowest BCUT2D eigenvalue weighted by molar-refractivity contribution is 0.150. The maximum absolute atomic E-state index is 12.2. The fourth-order valence-corrected chi connectivity index (χ4v) is 1.34. The van der Waals surface area contributed by atoms with Crippen LogP contribution in [-0.2, 0) is 0 Å². The van der Waals surface area contributed by atoms with Gasteiger partial charge in [-0.15, -0.1) is 0 Å². The highest BCUT2D eigenvalue weighted by molar-refractivity contribution is 5.08. The smallest absolute Gasteiger partial charge is 0.0977 e. The third-order valence-electron chi connectivity index (χ3n) is 2.65. The Labute approximate surface area is 54.9 Å². The Morgan fingerprint density at radius 3 is 2.00 bits per heavy atom. The first-order chi connectivity index (χ1) is 4.08. The molecule has 0 saturated heterocycles. The van der Waals surface area contributed by atoms with Crippen molar-refractivity contribution in [2.75, 3.05) is 13.3 Å². The molecule has 1 rings (SSSR count). The van der Waals surface area contributed by atoms with Gasteiger partial charge < -0.3 is 5.11 Å². The number of aliphatic hydroxyl groups is 1. The van der Waals surface area contributed by atoms with Gasteiger partial charge in [-0.1, -0.05) is 13.8 Å². The van der Waals surface area contributed by atoms with Crippen LogP contribution in [0.25, 0.3) is 0 Å². The van der Waals surface area contributed by atoms with Gasteiger partial charge in [0.2, 0.25) is 0 Å². The molecular weight excluding hydrogens is 119 g/mol. The molecule has 1 saturated carbocycles. The molecule has 0 aromatic carbocycles. The molecule has 0 amide bonds. The highest BCUT2D eigenvalue weighted by atomic mass is 19.1. The maximum atomic E-state index is 12.2. The van der Waals surface area contributed by atoms with Crippen LogP contribution < -0.4 is 0 Å². The van der Waals surface area contributed by atoms with Crippen LogP contribution >= 0.6 is 0 Å². The van der Waals surface area contributed by atoms with Gasteiger partial charge >= 0.3 is 0 Å². The quantitative estimate of drug-likeness (QED) is 0.601. The first-order valence-electron chi connectivity index (χ1n) is 3.25. The number of aliphatic hydroxyl groups excluding tert-OH is 1. The Kier molecular flexibility index (Phi) is 1.31. The van der Waals surface area contributed by atoms with Crippen molar-refractivity contribution in [3.05, 3.63) is 0 Å². The second-order valence-corrected chi connectivity index (χ2v) is 3.63. The van der Waals surface area contributed by atoms with Crippen LogP contribution in [0.3, 0.4) is 0 Å². The van der Waals surface area contributed by atoms with Gasteiger partial charge in [0.25, 0.3) is 0 Å². The third kappa shape index (κ3) is 0.767. The molecule has 0 spiro atoms. The van der Waals surface area contributed by atoms with Gasteiger partial charge in [0.1, 0.15) is 0 Å². The minimum absolute atomic E-state index is 0.00347. The van der Waals surface area contributed by atoms with Crippen molar-refractivity contribution in [2.45, 2.75) is 20.3 Å². The van der Waals surface area contributed by atoms with E-state index in [-0.39, 0.29) is 24.1 Å². The number of alkyl halides is 1. The first kappa shape index (κ1) is 7.00. The molecule has 0 radical (unpaired) electrons. The van der Waals surface area contributed by atoms with Crippen LogP contribution in [0.5, 0.6) is 0 Å². The summed E-state index contributed by atoms with van der Waals surface area (Å²) in [6.45, 7) is 3.60. The van der Waals surface area contributed by atoms with Gasteiger partial charge in [-0.3, -0.25) is 4.39 Å². The van der Waals surface area contributed by atoms with E-state index < -0.39 is 0 Å². The lowest BCUT2D eigenvalue weighted by Gasteiger charge is -2.11. The molecule has 1 N–H and O–H groups in total. The summed E-state index contributed by atoms with van der Waals surface area (Å²) < 4.78 is 12.2. The molecule has 1 nitrogen and oxygen atoms in total. The van der Waals surface area contributed by atoms with Crippen molar-refractivity contribution in [3.8, 4) is 0 Å². The van der Waals surface area contributed by atoms with Crippen molar-refractivity contribution in [1.29, 1.82) is 0 Å². The average Bonchev–Trinajstić information content (AvgIpc) is 2.35. The summed E-state index contributed by atoms with van der Waals surface area (Å²) in [4.78, 5) is 0. The van der Waals surface area contributed by atoms with E-state index in [4.69, 9.17) is 5.11 Å². The van der Waals surface area contributed by atoms with Crippen molar-refractivity contribution >= 4 is 0 Å². The summed E-state index contributed by atoms with van der Waals surface area (Å²) in [6, 6.07) is 0. The van der Waals surface area contributed by atoms with Gasteiger partial charge in [0.15, 0.2) is 0 Å². The molecule has 0 bridgehead atoms. The Morgan fingerprint density at radius 1 is 1.56 bits per heavy atom. The second kappa shape index (κ2) is 1.69. The molecule has 54 valence electrons. The van der Waals surface area contributed by atoms with Crippen molar-refractivity contribution in [2.24, 2.45) is 10.8 Å². The second-order valence-electron chi connectivity index (χ2n) is 3.63. The molecule has 1 aliphatic rings. The Bertz CT molecular complexity index is 116. The van der Waals surface area contributed by atoms with Crippen LogP contribution in [0.15, 0.2) is 0 Å². The average molecular weight is 132 g/mol. The largest absolute Gasteiger partial charge is 0.396 e. The van der Waals surface area contributed by atoms with Gasteiger partial charge in [-0.25, -0.2) is 0 Å². The standard InChI is InChI=1S/C7H13FO/c1-6(2)3-7(6,4-8)5-9/h9H,3-5H2,1-2H3. The van der Waals surface area contributed by atoms with E-state index in [1.54, 1.807) is 0 Å². The fourth-order valence-electron chi connectivity index (χ4n) is 1.34. The molecule has 0 aromatic rings. The molecule has 0 aliphatic heterocycles. The summed E-state index contributed by atoms with van der Waals surface area (Å²) >= 11 is 0. The van der Waals surface area contributed by atoms with Crippen molar-refractivity contribution < 1.29 is 9.50 Å². The van der Waals surface area contributed by atoms with Crippen LogP contribution in [0.1, 0.15) is 20.3 Å². The Hall–Kier alpha value is -0.110. The fraction of sp³-hybridized carbons (Fsp3) is 1.00. The van der Waals surface area contributed by atoms with Crippen LogP contribution in [0, 0.1) is 10.8 Å². The molecule has 0 heterocycles. The third-order valence-corrected chi connectivity index (χ3v) is 2.65. The zero-order valence-corrected chi connectivity index (χ0v) is 5.95. The summed E-state index contributed by atoms with van der Waals surface area (Å²) in [7, 11) is 0. The number of hydrogen-bond acceptors (Lipinski definition) is 1. The molecule has 9 heavy (non-hydrogen) atoms. The molecule has 1 aliphatic carbocycles. The van der Waals surface area contributed by atoms with Gasteiger partial charge in [0.05, 0.1) is 13.3 Å². The van der Waals surface area contributed by atoms with E-state index >= 15 is 0 Å². The maximum Gasteiger partial charge on any atom is 0.0977 e. The van der Waals surface area contributed by atoms with E-state index in [1.165, 1.54) is 0 Å². The van der Waals surface area contributed by atoms with Gasteiger partial charge in [0, 0.05) is 5.41 Å². The normalized spacial score (nSPS) is 38.7. The monoisotopic (exact) mass is 132 g/mol. The zero-order chi connectivity index (χ0) is 7.12. The number of halogens is 1. The summed E-state index contributed by atoms with van der Waals surface area (Å²) in [5.74, 6) is 0. The SMILES string of the molecule is CC1(C)CC1(CO)CF. The summed E-state index contributed by atoms with van der Waals surface area (Å²) in [5.41, 5.74) is -0.344. The molecule has 2 heteroatoms. The molecular formula is C7H13FO. The Balaban J connectivity index is 2.57. The summed E-state index contributed by atoms with van der Waals surface area (Å²) in [6.07, 6.45) is 0.826. The number of rotatable bonds is 2. The van der Waals surface area contributed by atoms with Crippen LogP contribution in [0.4, 0.5) is 4.39 Å². The number of hydrogen-bond donors (Lipinski definition) is 1. The Morgan fingerprint density at radius 2 is 2.00 bits per heavy atom. The van der Waals surface area contributed by atoms with Crippen LogP contribution in [0.2, 0.25) is 0 Å². The van der Waals surface area contributed by atoms with E-state index in [0.29, 0.717) is 0 Å². The summed E-state index contributed by atoms with van der Waals surface area (Å²) in [5, 5.41) is 8.75. The molecule has 1 unspecified atom stereocenters. The van der Waals surface area contributed by atoms with E-state index in [9.17, 15) is 4.39 Å². The predicted octanol–water partition coefficient (Wildman–Crippen LogP) is 1.36. The molecule has 1 atom stereocenters. The lowest BCUT2D eigenvalue weighted by Crippen LogP contribution is -2.15. The molecule has 0 aromatic heterocycles. The highest BCUT2D eigenvalue weighted by Gasteiger charge is 2.60. The van der Waals surface area contributed by atoms with E-state index in [1.807, 2.05) is 13.8 Å². The topological polar surface area (TPSA) is 20.2 Å². The molecule has 1 fully saturated rings. The van der Waals surface area contributed by atoms with Gasteiger partial charge in [-0.2, -0.15) is 0 Å². The first-order valence-corrected chi connectivity index (χ1v) is 3.25. The van der Waals surface area contributed by atoms with Crippen LogP contribution in [-0.4, -0.2) is 18.4 Å². The highest BCUT2D eigenvalue weighted by Crippen LogP contribution is 2.63. The minimum Gasteiger partial charge on any atom is -0.396 e. The minimum atomic E-state index is -0.382. The van der Waals surface area contributed by atoms with Crippen molar-refractivity contribution in [3.63, 3.8) is 0 Å². The lowest BCUT2D eigenvalue weighted by atomic mass is 9.99. The zero-order valence-electron chi connectivity index (χ0n) is 5.95. The van der Waals surface area contributed by atoms with E-state index in [2.05, 4.69) is 0 Å². The van der Waals surface area contributed by atoms with Gasteiger partial charge in [-0.05, 0) is 11.8 Å². The van der Waals surface area contributed by atoms with E-state index in [0.717, 1.165) is 6.42 Å².